The summed E-state index contributed by atoms with van der Waals surface area (Å²) in [6, 6.07) is 0.675. The predicted molar refractivity (Wildman–Crippen MR) is 45.7 cm³/mol. The average molecular weight is 139 g/mol. The zero-order chi connectivity index (χ0) is 7.23. The topological polar surface area (TPSA) is 12.4 Å². The summed E-state index contributed by atoms with van der Waals surface area (Å²) in [7, 11) is 0. The Balaban J connectivity index is 2.19. The summed E-state index contributed by atoms with van der Waals surface area (Å²) in [4.78, 5) is 4.48. The molecule has 1 aliphatic carbocycles. The van der Waals surface area contributed by atoms with E-state index in [-0.39, 0.29) is 0 Å². The molecule has 1 saturated carbocycles. The zero-order valence-electron chi connectivity index (χ0n) is 6.84. The highest BCUT2D eigenvalue weighted by molar-refractivity contribution is 5.56. The van der Waals surface area contributed by atoms with Gasteiger partial charge in [0.15, 0.2) is 0 Å². The second-order valence-corrected chi connectivity index (χ2v) is 3.03. The molecule has 0 N–H and O–H groups in total. The molecule has 1 aliphatic rings. The molecule has 0 aliphatic heterocycles. The van der Waals surface area contributed by atoms with Crippen molar-refractivity contribution in [3.05, 3.63) is 0 Å². The fraction of sp³-hybridized carbons (Fsp3) is 0.889. The molecule has 0 radical (unpaired) electrons. The van der Waals surface area contributed by atoms with Gasteiger partial charge in [0.25, 0.3) is 0 Å². The lowest BCUT2D eigenvalue weighted by Gasteiger charge is -2.16. The fourth-order valence-corrected chi connectivity index (χ4v) is 1.48. The van der Waals surface area contributed by atoms with Crippen LogP contribution in [0.5, 0.6) is 0 Å². The molecule has 0 unspecified atom stereocenters. The van der Waals surface area contributed by atoms with E-state index >= 15 is 0 Å². The number of aliphatic imine (C=N–C) groups is 1. The second kappa shape index (κ2) is 4.48. The first-order valence-corrected chi connectivity index (χ1v) is 4.45. The molecule has 1 nitrogen and oxygen atoms in total. The smallest absolute Gasteiger partial charge is 0.0495 e. The molecule has 0 spiro atoms. The van der Waals surface area contributed by atoms with E-state index in [1.165, 1.54) is 32.1 Å². The summed E-state index contributed by atoms with van der Waals surface area (Å²) in [6.45, 7) is 2.15. The van der Waals surface area contributed by atoms with Crippen LogP contribution in [0.2, 0.25) is 0 Å². The molecular weight excluding hydrogens is 122 g/mol. The van der Waals surface area contributed by atoms with E-state index in [2.05, 4.69) is 18.1 Å². The molecule has 0 saturated heterocycles. The highest BCUT2D eigenvalue weighted by Crippen LogP contribution is 2.19. The SMILES string of the molecule is CC/C=N\C1CCCCC1. The number of nitrogens with zero attached hydrogens (tertiary/aromatic N) is 1. The largest absolute Gasteiger partial charge is 0.294 e. The van der Waals surface area contributed by atoms with Crippen molar-refractivity contribution in [3.8, 4) is 0 Å². The Kier molecular flexibility index (Phi) is 3.48. The minimum Gasteiger partial charge on any atom is -0.294 e. The van der Waals surface area contributed by atoms with Crippen LogP contribution >= 0.6 is 0 Å². The molecule has 0 bridgehead atoms. The Morgan fingerprint density at radius 2 is 2.00 bits per heavy atom. The van der Waals surface area contributed by atoms with Crippen LogP contribution in [0.4, 0.5) is 0 Å². The minimum atomic E-state index is 0.675. The van der Waals surface area contributed by atoms with Crippen LogP contribution in [0.3, 0.4) is 0 Å². The van der Waals surface area contributed by atoms with Crippen LogP contribution in [0.15, 0.2) is 4.99 Å². The van der Waals surface area contributed by atoms with Gasteiger partial charge in [-0.3, -0.25) is 4.99 Å². The minimum absolute atomic E-state index is 0.675. The lowest BCUT2D eigenvalue weighted by Crippen LogP contribution is -2.09. The molecular formula is C9H17N. The van der Waals surface area contributed by atoms with Crippen molar-refractivity contribution in [2.45, 2.75) is 51.5 Å². The quantitative estimate of drug-likeness (QED) is 0.522. The average Bonchev–Trinajstić information content (AvgIpc) is 2.03. The van der Waals surface area contributed by atoms with E-state index in [9.17, 15) is 0 Å². The van der Waals surface area contributed by atoms with Crippen molar-refractivity contribution in [2.24, 2.45) is 4.99 Å². The third kappa shape index (κ3) is 2.51. The van der Waals surface area contributed by atoms with Crippen molar-refractivity contribution in [1.29, 1.82) is 0 Å². The van der Waals surface area contributed by atoms with Crippen molar-refractivity contribution >= 4 is 6.21 Å². The first-order chi connectivity index (χ1) is 4.93. The van der Waals surface area contributed by atoms with Gasteiger partial charge in [-0.05, 0) is 25.5 Å². The van der Waals surface area contributed by atoms with Gasteiger partial charge in [0.1, 0.15) is 0 Å². The van der Waals surface area contributed by atoms with Crippen LogP contribution in [-0.4, -0.2) is 12.3 Å². The van der Waals surface area contributed by atoms with Crippen molar-refractivity contribution in [2.75, 3.05) is 0 Å². The standard InChI is InChI=1S/C9H17N/c1-2-8-10-9-6-4-3-5-7-9/h8-9H,2-7H2,1H3/b10-8-. The van der Waals surface area contributed by atoms with Crippen LogP contribution in [0.1, 0.15) is 45.4 Å². The first kappa shape index (κ1) is 7.77. The maximum absolute atomic E-state index is 4.48. The van der Waals surface area contributed by atoms with Gasteiger partial charge in [-0.1, -0.05) is 26.2 Å². The van der Waals surface area contributed by atoms with Gasteiger partial charge in [0.05, 0.1) is 0 Å². The third-order valence-corrected chi connectivity index (χ3v) is 2.07. The molecule has 0 amide bonds. The van der Waals surface area contributed by atoms with Crippen LogP contribution in [-0.2, 0) is 0 Å². The van der Waals surface area contributed by atoms with E-state index in [4.69, 9.17) is 0 Å². The number of rotatable bonds is 2. The van der Waals surface area contributed by atoms with Gasteiger partial charge in [-0.15, -0.1) is 0 Å². The normalized spacial score (nSPS) is 22.1. The van der Waals surface area contributed by atoms with E-state index < -0.39 is 0 Å². The van der Waals surface area contributed by atoms with E-state index in [0.29, 0.717) is 6.04 Å². The van der Waals surface area contributed by atoms with Gasteiger partial charge < -0.3 is 0 Å². The Hall–Kier alpha value is -0.330. The Morgan fingerprint density at radius 1 is 1.30 bits per heavy atom. The molecule has 58 valence electrons. The lowest BCUT2D eigenvalue weighted by atomic mass is 9.96. The molecule has 0 atom stereocenters. The highest BCUT2D eigenvalue weighted by atomic mass is 14.8. The maximum atomic E-state index is 4.48. The van der Waals surface area contributed by atoms with Crippen molar-refractivity contribution in [3.63, 3.8) is 0 Å². The zero-order valence-corrected chi connectivity index (χ0v) is 6.84. The van der Waals surface area contributed by atoms with Crippen molar-refractivity contribution < 1.29 is 0 Å². The summed E-state index contributed by atoms with van der Waals surface area (Å²) < 4.78 is 0. The summed E-state index contributed by atoms with van der Waals surface area (Å²) in [5, 5.41) is 0. The van der Waals surface area contributed by atoms with Gasteiger partial charge >= 0.3 is 0 Å². The lowest BCUT2D eigenvalue weighted by molar-refractivity contribution is 0.444. The Morgan fingerprint density at radius 3 is 2.60 bits per heavy atom. The summed E-state index contributed by atoms with van der Waals surface area (Å²) in [6.07, 6.45) is 10.0. The molecule has 0 aromatic carbocycles. The molecule has 0 aromatic heterocycles. The first-order valence-electron chi connectivity index (χ1n) is 4.45. The number of hydrogen-bond acceptors (Lipinski definition) is 1. The Labute approximate surface area is 63.5 Å². The third-order valence-electron chi connectivity index (χ3n) is 2.07. The summed E-state index contributed by atoms with van der Waals surface area (Å²) in [5.41, 5.74) is 0. The molecule has 10 heavy (non-hydrogen) atoms. The van der Waals surface area contributed by atoms with Crippen LogP contribution < -0.4 is 0 Å². The highest BCUT2D eigenvalue weighted by Gasteiger charge is 2.09. The molecule has 1 heteroatoms. The second-order valence-electron chi connectivity index (χ2n) is 3.03. The maximum Gasteiger partial charge on any atom is 0.0495 e. The number of hydrogen-bond donors (Lipinski definition) is 0. The van der Waals surface area contributed by atoms with E-state index in [1.807, 2.05) is 0 Å². The summed E-state index contributed by atoms with van der Waals surface area (Å²) >= 11 is 0. The van der Waals surface area contributed by atoms with Crippen LogP contribution in [0, 0.1) is 0 Å². The molecule has 1 fully saturated rings. The van der Waals surface area contributed by atoms with Gasteiger partial charge in [-0.25, -0.2) is 0 Å². The van der Waals surface area contributed by atoms with Gasteiger partial charge in [0.2, 0.25) is 0 Å². The fourth-order valence-electron chi connectivity index (χ4n) is 1.48. The molecule has 0 aromatic rings. The van der Waals surface area contributed by atoms with Gasteiger partial charge in [-0.2, -0.15) is 0 Å². The van der Waals surface area contributed by atoms with Gasteiger partial charge in [0, 0.05) is 6.04 Å². The van der Waals surface area contributed by atoms with E-state index in [0.717, 1.165) is 6.42 Å². The predicted octanol–water partition coefficient (Wildman–Crippen LogP) is 2.80. The Bertz CT molecular complexity index is 101. The van der Waals surface area contributed by atoms with E-state index in [1.54, 1.807) is 0 Å². The molecule has 0 heterocycles. The van der Waals surface area contributed by atoms with Crippen LogP contribution in [0.25, 0.3) is 0 Å². The van der Waals surface area contributed by atoms with Crippen molar-refractivity contribution in [1.82, 2.24) is 0 Å². The molecule has 1 rings (SSSR count). The monoisotopic (exact) mass is 139 g/mol. The summed E-state index contributed by atoms with van der Waals surface area (Å²) in [5.74, 6) is 0.